The number of nitrogens with zero attached hydrogens (tertiary/aromatic N) is 2. The van der Waals surface area contributed by atoms with Crippen LogP contribution in [-0.4, -0.2) is 47.6 Å². The van der Waals surface area contributed by atoms with Gasteiger partial charge in [0.15, 0.2) is 5.75 Å². The number of rotatable bonds is 10. The zero-order chi connectivity index (χ0) is 22.1. The van der Waals surface area contributed by atoms with E-state index in [1.165, 1.54) is 24.9 Å². The standard InChI is InChI=1S/C21H25N3O5S/c1-4-23(5-2)21(26)16-7-9-17(10-8-16)22-20(25)14-30-13-15-6-11-19(29-3)18(12-15)24(27)28/h6-12H,4-5,13-14H2,1-3H3,(H,22,25). The smallest absolute Gasteiger partial charge is 0.311 e. The summed E-state index contributed by atoms with van der Waals surface area (Å²) in [4.78, 5) is 36.8. The molecule has 30 heavy (non-hydrogen) atoms. The summed E-state index contributed by atoms with van der Waals surface area (Å²) < 4.78 is 4.98. The molecule has 0 aliphatic rings. The van der Waals surface area contributed by atoms with E-state index < -0.39 is 4.92 Å². The summed E-state index contributed by atoms with van der Waals surface area (Å²) in [6.45, 7) is 5.14. The largest absolute Gasteiger partial charge is 0.490 e. The van der Waals surface area contributed by atoms with Crippen molar-refractivity contribution in [1.82, 2.24) is 4.90 Å². The van der Waals surface area contributed by atoms with Crippen LogP contribution in [0.1, 0.15) is 29.8 Å². The van der Waals surface area contributed by atoms with Crippen LogP contribution in [0.5, 0.6) is 5.75 Å². The maximum Gasteiger partial charge on any atom is 0.311 e. The third kappa shape index (κ3) is 6.21. The van der Waals surface area contributed by atoms with E-state index in [2.05, 4.69) is 5.32 Å². The molecule has 0 bridgehead atoms. The maximum atomic E-state index is 12.3. The Bertz CT molecular complexity index is 898. The summed E-state index contributed by atoms with van der Waals surface area (Å²) >= 11 is 1.35. The van der Waals surface area contributed by atoms with E-state index in [1.54, 1.807) is 41.3 Å². The first-order valence-electron chi connectivity index (χ1n) is 9.47. The van der Waals surface area contributed by atoms with Gasteiger partial charge in [0.1, 0.15) is 0 Å². The van der Waals surface area contributed by atoms with Gasteiger partial charge in [0, 0.05) is 36.2 Å². The molecule has 0 heterocycles. The highest BCUT2D eigenvalue weighted by Crippen LogP contribution is 2.29. The molecule has 0 fully saturated rings. The van der Waals surface area contributed by atoms with E-state index in [0.717, 1.165) is 5.56 Å². The van der Waals surface area contributed by atoms with Crippen LogP contribution in [0, 0.1) is 10.1 Å². The quantitative estimate of drug-likeness (QED) is 0.451. The second-order valence-corrected chi connectivity index (χ2v) is 7.34. The second kappa shape index (κ2) is 11.2. The molecule has 0 saturated heterocycles. The van der Waals surface area contributed by atoms with Gasteiger partial charge in [-0.1, -0.05) is 6.07 Å². The second-order valence-electron chi connectivity index (χ2n) is 6.36. The number of nitro groups is 1. The Morgan fingerprint density at radius 3 is 2.37 bits per heavy atom. The summed E-state index contributed by atoms with van der Waals surface area (Å²) in [6, 6.07) is 11.5. The Labute approximate surface area is 179 Å². The third-order valence-electron chi connectivity index (χ3n) is 4.41. The lowest BCUT2D eigenvalue weighted by Gasteiger charge is -2.18. The molecule has 0 spiro atoms. The van der Waals surface area contributed by atoms with Gasteiger partial charge in [-0.15, -0.1) is 11.8 Å². The minimum absolute atomic E-state index is 0.0398. The van der Waals surface area contributed by atoms with Gasteiger partial charge in [-0.3, -0.25) is 19.7 Å². The highest BCUT2D eigenvalue weighted by molar-refractivity contribution is 7.99. The van der Waals surface area contributed by atoms with E-state index in [1.807, 2.05) is 13.8 Å². The molecule has 8 nitrogen and oxygen atoms in total. The number of carbonyl (C=O) groups is 2. The minimum atomic E-state index is -0.492. The number of nitrogens with one attached hydrogen (secondary N) is 1. The Balaban J connectivity index is 1.87. The Kier molecular flexibility index (Phi) is 8.67. The number of carbonyl (C=O) groups excluding carboxylic acids is 2. The molecule has 0 atom stereocenters. The SMILES string of the molecule is CCN(CC)C(=O)c1ccc(NC(=O)CSCc2ccc(OC)c([N+](=O)[O-])c2)cc1. The van der Waals surface area contributed by atoms with E-state index in [0.29, 0.717) is 30.1 Å². The lowest BCUT2D eigenvalue weighted by Crippen LogP contribution is -2.30. The number of thioether (sulfide) groups is 1. The third-order valence-corrected chi connectivity index (χ3v) is 5.41. The van der Waals surface area contributed by atoms with Crippen LogP contribution in [-0.2, 0) is 10.5 Å². The molecule has 0 unspecified atom stereocenters. The van der Waals surface area contributed by atoms with Crippen LogP contribution in [0.4, 0.5) is 11.4 Å². The van der Waals surface area contributed by atoms with E-state index in [9.17, 15) is 19.7 Å². The number of nitro benzene ring substituents is 1. The van der Waals surface area contributed by atoms with E-state index >= 15 is 0 Å². The fourth-order valence-electron chi connectivity index (χ4n) is 2.82. The molecule has 2 rings (SSSR count). The zero-order valence-corrected chi connectivity index (χ0v) is 18.0. The first-order valence-corrected chi connectivity index (χ1v) is 10.6. The molecule has 0 radical (unpaired) electrons. The van der Waals surface area contributed by atoms with Crippen molar-refractivity contribution in [2.24, 2.45) is 0 Å². The number of benzene rings is 2. The van der Waals surface area contributed by atoms with Gasteiger partial charge in [-0.25, -0.2) is 0 Å². The van der Waals surface area contributed by atoms with Crippen LogP contribution in [0.15, 0.2) is 42.5 Å². The van der Waals surface area contributed by atoms with Gasteiger partial charge in [-0.05, 0) is 49.7 Å². The highest BCUT2D eigenvalue weighted by Gasteiger charge is 2.15. The van der Waals surface area contributed by atoms with Crippen molar-refractivity contribution in [2.75, 3.05) is 31.3 Å². The summed E-state index contributed by atoms with van der Waals surface area (Å²) in [5.74, 6) is 0.623. The van der Waals surface area contributed by atoms with Crippen molar-refractivity contribution in [3.05, 3.63) is 63.7 Å². The fraction of sp³-hybridized carbons (Fsp3) is 0.333. The molecule has 0 aliphatic heterocycles. The van der Waals surface area contributed by atoms with Crippen molar-refractivity contribution in [3.63, 3.8) is 0 Å². The van der Waals surface area contributed by atoms with Gasteiger partial charge >= 0.3 is 5.69 Å². The van der Waals surface area contributed by atoms with E-state index in [4.69, 9.17) is 4.74 Å². The summed E-state index contributed by atoms with van der Waals surface area (Å²) in [6.07, 6.45) is 0. The van der Waals surface area contributed by atoms with Crippen molar-refractivity contribution in [3.8, 4) is 5.75 Å². The minimum Gasteiger partial charge on any atom is -0.490 e. The van der Waals surface area contributed by atoms with Gasteiger partial charge in [0.05, 0.1) is 17.8 Å². The molecule has 2 aromatic carbocycles. The number of methoxy groups -OCH3 is 1. The molecule has 9 heteroatoms. The van der Waals surface area contributed by atoms with Gasteiger partial charge < -0.3 is 15.0 Å². The monoisotopic (exact) mass is 431 g/mol. The fourth-order valence-corrected chi connectivity index (χ4v) is 3.59. The molecule has 1 N–H and O–H groups in total. The average Bonchev–Trinajstić information content (AvgIpc) is 2.74. The van der Waals surface area contributed by atoms with Crippen molar-refractivity contribution < 1.29 is 19.2 Å². The number of hydrogen-bond acceptors (Lipinski definition) is 6. The molecule has 0 aliphatic carbocycles. The molecule has 0 saturated carbocycles. The first kappa shape index (κ1) is 23.2. The zero-order valence-electron chi connectivity index (χ0n) is 17.2. The number of ether oxygens (including phenoxy) is 1. The lowest BCUT2D eigenvalue weighted by atomic mass is 10.2. The van der Waals surface area contributed by atoms with Crippen LogP contribution >= 0.6 is 11.8 Å². The molecule has 2 aromatic rings. The van der Waals surface area contributed by atoms with Crippen molar-refractivity contribution in [2.45, 2.75) is 19.6 Å². The van der Waals surface area contributed by atoms with Crippen LogP contribution in [0.3, 0.4) is 0 Å². The van der Waals surface area contributed by atoms with Gasteiger partial charge in [-0.2, -0.15) is 0 Å². The Morgan fingerprint density at radius 1 is 1.13 bits per heavy atom. The molecule has 2 amide bonds. The molecule has 0 aromatic heterocycles. The summed E-state index contributed by atoms with van der Waals surface area (Å²) in [5.41, 5.74) is 1.82. The number of hydrogen-bond donors (Lipinski definition) is 1. The van der Waals surface area contributed by atoms with Crippen molar-refractivity contribution >= 4 is 35.0 Å². The number of anilines is 1. The van der Waals surface area contributed by atoms with Gasteiger partial charge in [0.2, 0.25) is 5.91 Å². The predicted octanol–water partition coefficient (Wildman–Crippen LogP) is 3.96. The van der Waals surface area contributed by atoms with Crippen LogP contribution < -0.4 is 10.1 Å². The van der Waals surface area contributed by atoms with E-state index in [-0.39, 0.29) is 29.0 Å². The average molecular weight is 432 g/mol. The summed E-state index contributed by atoms with van der Waals surface area (Å²) in [7, 11) is 1.38. The lowest BCUT2D eigenvalue weighted by molar-refractivity contribution is -0.385. The summed E-state index contributed by atoms with van der Waals surface area (Å²) in [5, 5.41) is 13.9. The topological polar surface area (TPSA) is 102 Å². The molecular formula is C21H25N3O5S. The van der Waals surface area contributed by atoms with Crippen LogP contribution in [0.25, 0.3) is 0 Å². The Morgan fingerprint density at radius 2 is 1.80 bits per heavy atom. The van der Waals surface area contributed by atoms with Crippen molar-refractivity contribution in [1.29, 1.82) is 0 Å². The molecular weight excluding hydrogens is 406 g/mol. The van der Waals surface area contributed by atoms with Gasteiger partial charge in [0.25, 0.3) is 5.91 Å². The number of amides is 2. The Hall–Kier alpha value is -3.07. The highest BCUT2D eigenvalue weighted by atomic mass is 32.2. The first-order chi connectivity index (χ1) is 14.4. The normalized spacial score (nSPS) is 10.4. The van der Waals surface area contributed by atoms with Crippen LogP contribution in [0.2, 0.25) is 0 Å². The maximum absolute atomic E-state index is 12.3. The predicted molar refractivity (Wildman–Crippen MR) is 118 cm³/mol. The molecule has 160 valence electrons.